The van der Waals surface area contributed by atoms with E-state index in [1.165, 1.54) is 5.56 Å². The number of halogens is 1. The standard InChI is InChI=1S/C16H19BrN2O2/c1-20-15-6-3-11(9-16(15)21-2)7-8-19-14-5-4-12(17)10-13(14)18/h3-6,9-10,19H,7-8,18H2,1-2H3. The Labute approximate surface area is 133 Å². The molecule has 0 bridgehead atoms. The number of nitrogen functional groups attached to an aromatic ring is 1. The van der Waals surface area contributed by atoms with Crippen molar-refractivity contribution in [3.8, 4) is 11.5 Å². The average molecular weight is 351 g/mol. The van der Waals surface area contributed by atoms with E-state index < -0.39 is 0 Å². The number of nitrogens with two attached hydrogens (primary N) is 1. The van der Waals surface area contributed by atoms with Crippen LogP contribution in [0.4, 0.5) is 11.4 Å². The van der Waals surface area contributed by atoms with Crippen molar-refractivity contribution in [1.82, 2.24) is 0 Å². The molecule has 2 aromatic rings. The van der Waals surface area contributed by atoms with Crippen LogP contribution in [0.1, 0.15) is 5.56 Å². The maximum absolute atomic E-state index is 5.96. The first kappa shape index (κ1) is 15.5. The molecule has 2 aromatic carbocycles. The van der Waals surface area contributed by atoms with Crippen LogP contribution in [-0.2, 0) is 6.42 Å². The summed E-state index contributed by atoms with van der Waals surface area (Å²) in [4.78, 5) is 0. The van der Waals surface area contributed by atoms with E-state index in [4.69, 9.17) is 15.2 Å². The van der Waals surface area contributed by atoms with Crippen LogP contribution < -0.4 is 20.5 Å². The van der Waals surface area contributed by atoms with Gasteiger partial charge in [0.2, 0.25) is 0 Å². The molecule has 0 radical (unpaired) electrons. The lowest BCUT2D eigenvalue weighted by Gasteiger charge is -2.11. The topological polar surface area (TPSA) is 56.5 Å². The van der Waals surface area contributed by atoms with Crippen LogP contribution >= 0.6 is 15.9 Å². The van der Waals surface area contributed by atoms with Gasteiger partial charge in [-0.1, -0.05) is 22.0 Å². The van der Waals surface area contributed by atoms with Gasteiger partial charge in [0.15, 0.2) is 11.5 Å². The Morgan fingerprint density at radius 3 is 2.48 bits per heavy atom. The second-order valence-corrected chi connectivity index (χ2v) is 5.51. The van der Waals surface area contributed by atoms with Crippen LogP contribution in [0.25, 0.3) is 0 Å². The van der Waals surface area contributed by atoms with Gasteiger partial charge in [-0.15, -0.1) is 0 Å². The first-order valence-electron chi connectivity index (χ1n) is 6.64. The number of hydrogen-bond acceptors (Lipinski definition) is 4. The summed E-state index contributed by atoms with van der Waals surface area (Å²) in [6.07, 6.45) is 0.871. The van der Waals surface area contributed by atoms with E-state index in [-0.39, 0.29) is 0 Å². The third-order valence-corrected chi connectivity index (χ3v) is 3.68. The first-order valence-corrected chi connectivity index (χ1v) is 7.43. The molecule has 3 N–H and O–H groups in total. The number of hydrogen-bond donors (Lipinski definition) is 2. The Morgan fingerprint density at radius 2 is 1.81 bits per heavy atom. The fourth-order valence-corrected chi connectivity index (χ4v) is 2.45. The predicted molar refractivity (Wildman–Crippen MR) is 90.3 cm³/mol. The van der Waals surface area contributed by atoms with Crippen molar-refractivity contribution in [2.75, 3.05) is 31.8 Å². The Kier molecular flexibility index (Phi) is 5.33. The molecule has 0 aromatic heterocycles. The van der Waals surface area contributed by atoms with Gasteiger partial charge in [0, 0.05) is 11.0 Å². The molecule has 0 heterocycles. The normalized spacial score (nSPS) is 10.2. The second kappa shape index (κ2) is 7.22. The van der Waals surface area contributed by atoms with Crippen LogP contribution in [0.2, 0.25) is 0 Å². The molecule has 0 aliphatic carbocycles. The minimum Gasteiger partial charge on any atom is -0.493 e. The van der Waals surface area contributed by atoms with Crippen molar-refractivity contribution in [1.29, 1.82) is 0 Å². The highest BCUT2D eigenvalue weighted by atomic mass is 79.9. The molecular weight excluding hydrogens is 332 g/mol. The SMILES string of the molecule is COc1ccc(CCNc2ccc(Br)cc2N)cc1OC. The molecule has 0 unspecified atom stereocenters. The second-order valence-electron chi connectivity index (χ2n) is 4.60. The van der Waals surface area contributed by atoms with Gasteiger partial charge in [0.25, 0.3) is 0 Å². The molecule has 0 fully saturated rings. The van der Waals surface area contributed by atoms with Crippen LogP contribution in [0, 0.1) is 0 Å². The van der Waals surface area contributed by atoms with E-state index in [1.54, 1.807) is 14.2 Å². The first-order chi connectivity index (χ1) is 10.1. The molecular formula is C16H19BrN2O2. The van der Waals surface area contributed by atoms with Gasteiger partial charge in [0.1, 0.15) is 0 Å². The van der Waals surface area contributed by atoms with Crippen LogP contribution in [0.3, 0.4) is 0 Å². The van der Waals surface area contributed by atoms with Gasteiger partial charge in [-0.25, -0.2) is 0 Å². The lowest BCUT2D eigenvalue weighted by atomic mass is 10.1. The maximum atomic E-state index is 5.96. The number of benzene rings is 2. The Bertz CT molecular complexity index is 617. The number of ether oxygens (including phenoxy) is 2. The molecule has 4 nitrogen and oxygen atoms in total. The van der Waals surface area contributed by atoms with Crippen LogP contribution in [-0.4, -0.2) is 20.8 Å². The summed E-state index contributed by atoms with van der Waals surface area (Å²) in [5.74, 6) is 1.49. The highest BCUT2D eigenvalue weighted by Crippen LogP contribution is 2.28. The molecule has 2 rings (SSSR count). The lowest BCUT2D eigenvalue weighted by molar-refractivity contribution is 0.354. The van der Waals surface area contributed by atoms with Crippen molar-refractivity contribution in [3.63, 3.8) is 0 Å². The van der Waals surface area contributed by atoms with Crippen molar-refractivity contribution in [3.05, 3.63) is 46.4 Å². The molecule has 21 heavy (non-hydrogen) atoms. The average Bonchev–Trinajstić information content (AvgIpc) is 2.49. The number of nitrogens with one attached hydrogen (secondary N) is 1. The molecule has 0 amide bonds. The van der Waals surface area contributed by atoms with E-state index in [1.807, 2.05) is 36.4 Å². The van der Waals surface area contributed by atoms with Gasteiger partial charge in [0.05, 0.1) is 25.6 Å². The number of methoxy groups -OCH3 is 2. The highest BCUT2D eigenvalue weighted by molar-refractivity contribution is 9.10. The third-order valence-electron chi connectivity index (χ3n) is 3.19. The number of rotatable bonds is 6. The van der Waals surface area contributed by atoms with Gasteiger partial charge < -0.3 is 20.5 Å². The molecule has 0 aliphatic heterocycles. The molecule has 0 atom stereocenters. The molecule has 0 spiro atoms. The molecule has 5 heteroatoms. The zero-order chi connectivity index (χ0) is 15.2. The van der Waals surface area contributed by atoms with Crippen LogP contribution in [0.5, 0.6) is 11.5 Å². The minimum atomic E-state index is 0.733. The van der Waals surface area contributed by atoms with E-state index in [2.05, 4.69) is 21.2 Å². The zero-order valence-corrected chi connectivity index (χ0v) is 13.7. The van der Waals surface area contributed by atoms with Crippen molar-refractivity contribution < 1.29 is 9.47 Å². The molecule has 0 saturated carbocycles. The van der Waals surface area contributed by atoms with E-state index in [0.717, 1.165) is 40.3 Å². The summed E-state index contributed by atoms with van der Waals surface area (Å²) in [7, 11) is 3.28. The summed E-state index contributed by atoms with van der Waals surface area (Å²) in [5.41, 5.74) is 8.81. The maximum Gasteiger partial charge on any atom is 0.160 e. The lowest BCUT2D eigenvalue weighted by Crippen LogP contribution is -2.07. The Morgan fingerprint density at radius 1 is 1.05 bits per heavy atom. The van der Waals surface area contributed by atoms with E-state index in [9.17, 15) is 0 Å². The Balaban J connectivity index is 1.97. The molecule has 0 aliphatic rings. The van der Waals surface area contributed by atoms with Gasteiger partial charge in [-0.05, 0) is 42.3 Å². The highest BCUT2D eigenvalue weighted by Gasteiger charge is 2.05. The zero-order valence-electron chi connectivity index (χ0n) is 12.2. The van der Waals surface area contributed by atoms with Crippen molar-refractivity contribution in [2.24, 2.45) is 0 Å². The fraction of sp³-hybridized carbons (Fsp3) is 0.250. The quantitative estimate of drug-likeness (QED) is 0.779. The molecule has 0 saturated heterocycles. The monoisotopic (exact) mass is 350 g/mol. The summed E-state index contributed by atoms with van der Waals surface area (Å²) in [6, 6.07) is 11.8. The summed E-state index contributed by atoms with van der Waals surface area (Å²) >= 11 is 3.40. The Hall–Kier alpha value is -1.88. The van der Waals surface area contributed by atoms with Gasteiger partial charge in [-0.3, -0.25) is 0 Å². The smallest absolute Gasteiger partial charge is 0.160 e. The fourth-order valence-electron chi connectivity index (χ4n) is 2.07. The summed E-state index contributed by atoms with van der Waals surface area (Å²) in [6.45, 7) is 0.793. The third kappa shape index (κ3) is 4.04. The minimum absolute atomic E-state index is 0.733. The number of anilines is 2. The van der Waals surface area contributed by atoms with Crippen LogP contribution in [0.15, 0.2) is 40.9 Å². The summed E-state index contributed by atoms with van der Waals surface area (Å²) in [5, 5.41) is 3.34. The van der Waals surface area contributed by atoms with Crippen molar-refractivity contribution in [2.45, 2.75) is 6.42 Å². The summed E-state index contributed by atoms with van der Waals surface area (Å²) < 4.78 is 11.5. The van der Waals surface area contributed by atoms with E-state index >= 15 is 0 Å². The predicted octanol–water partition coefficient (Wildman–Crippen LogP) is 3.70. The molecule has 112 valence electrons. The van der Waals surface area contributed by atoms with E-state index in [0.29, 0.717) is 0 Å². The van der Waals surface area contributed by atoms with Gasteiger partial charge in [-0.2, -0.15) is 0 Å². The van der Waals surface area contributed by atoms with Gasteiger partial charge >= 0.3 is 0 Å². The largest absolute Gasteiger partial charge is 0.493 e. The van der Waals surface area contributed by atoms with Crippen molar-refractivity contribution >= 4 is 27.3 Å².